The number of carbonyl (C=O) groups is 1. The van der Waals surface area contributed by atoms with Crippen molar-refractivity contribution in [1.29, 1.82) is 0 Å². The molecule has 180 valence electrons. The van der Waals surface area contributed by atoms with Crippen LogP contribution in [0.4, 0.5) is 4.79 Å². The fraction of sp³-hybridized carbons (Fsp3) is 0.762. The summed E-state index contributed by atoms with van der Waals surface area (Å²) in [6, 6.07) is 0.178. The second-order valence-electron chi connectivity index (χ2n) is 9.03. The van der Waals surface area contributed by atoms with Crippen LogP contribution in [-0.2, 0) is 4.74 Å². The second kappa shape index (κ2) is 11.6. The highest BCUT2D eigenvalue weighted by molar-refractivity contribution is 5.85. The Hall–Kier alpha value is -2.20. The molecule has 0 spiro atoms. The summed E-state index contributed by atoms with van der Waals surface area (Å²) in [5.74, 6) is 2.55. The zero-order chi connectivity index (χ0) is 22.4. The van der Waals surface area contributed by atoms with Crippen LogP contribution in [0, 0.1) is 13.8 Å². The quantitative estimate of drug-likeness (QED) is 0.678. The Labute approximate surface area is 195 Å². The molecule has 4 heterocycles. The lowest BCUT2D eigenvalue weighted by Gasteiger charge is -2.35. The van der Waals surface area contributed by atoms with Gasteiger partial charge in [-0.25, -0.2) is 4.79 Å². The van der Waals surface area contributed by atoms with E-state index in [9.17, 15) is 4.79 Å². The van der Waals surface area contributed by atoms with Crippen LogP contribution in [0.1, 0.15) is 94.8 Å². The third-order valence-electron chi connectivity index (χ3n) is 5.14. The molecule has 0 aromatic carbocycles. The molecule has 11 heteroatoms. The van der Waals surface area contributed by atoms with Gasteiger partial charge in [0.05, 0.1) is 12.1 Å². The minimum absolute atomic E-state index is 0. The van der Waals surface area contributed by atoms with Crippen LogP contribution in [0.15, 0.2) is 9.05 Å². The zero-order valence-corrected chi connectivity index (χ0v) is 20.4. The number of aromatic nitrogens is 4. The van der Waals surface area contributed by atoms with E-state index in [0.29, 0.717) is 30.2 Å². The van der Waals surface area contributed by atoms with Gasteiger partial charge in [0.15, 0.2) is 11.6 Å². The Kier molecular flexibility index (Phi) is 9.45. The number of ether oxygens (including phenoxy) is 1. The molecule has 2 aliphatic rings. The average Bonchev–Trinajstić information content (AvgIpc) is 3.36. The summed E-state index contributed by atoms with van der Waals surface area (Å²) in [7, 11) is 0. The minimum Gasteiger partial charge on any atom is -0.444 e. The maximum atomic E-state index is 12.2. The fourth-order valence-electron chi connectivity index (χ4n) is 3.72. The molecule has 2 unspecified atom stereocenters. The lowest BCUT2D eigenvalue weighted by Crippen LogP contribution is -2.42. The molecule has 2 aromatic heterocycles. The summed E-state index contributed by atoms with van der Waals surface area (Å²) in [6.45, 7) is 10.9. The Morgan fingerprint density at radius 2 is 1.62 bits per heavy atom. The molecule has 0 bridgehead atoms. The van der Waals surface area contributed by atoms with Crippen LogP contribution in [0.3, 0.4) is 0 Å². The molecule has 1 amide bonds. The number of aryl methyl sites for hydroxylation is 2. The zero-order valence-electron chi connectivity index (χ0n) is 19.6. The summed E-state index contributed by atoms with van der Waals surface area (Å²) in [5, 5.41) is 11.2. The van der Waals surface area contributed by atoms with Crippen molar-refractivity contribution in [2.45, 2.75) is 90.8 Å². The van der Waals surface area contributed by atoms with Gasteiger partial charge in [-0.1, -0.05) is 16.7 Å². The van der Waals surface area contributed by atoms with Gasteiger partial charge in [-0.3, -0.25) is 4.90 Å². The van der Waals surface area contributed by atoms with E-state index in [1.165, 1.54) is 12.8 Å². The largest absolute Gasteiger partial charge is 0.444 e. The fourth-order valence-corrected chi connectivity index (χ4v) is 3.72. The van der Waals surface area contributed by atoms with Crippen molar-refractivity contribution in [3.8, 4) is 0 Å². The van der Waals surface area contributed by atoms with Crippen LogP contribution in [0.2, 0.25) is 0 Å². The molecule has 1 N–H and O–H groups in total. The smallest absolute Gasteiger partial charge is 0.410 e. The lowest BCUT2D eigenvalue weighted by atomic mass is 10.0. The average molecular weight is 471 g/mol. The van der Waals surface area contributed by atoms with Crippen molar-refractivity contribution in [1.82, 2.24) is 30.5 Å². The number of amides is 1. The van der Waals surface area contributed by atoms with Gasteiger partial charge in [0, 0.05) is 20.4 Å². The third-order valence-corrected chi connectivity index (χ3v) is 5.14. The summed E-state index contributed by atoms with van der Waals surface area (Å²) >= 11 is 0. The molecule has 0 aliphatic carbocycles. The SMILES string of the molecule is Cc1nc(C2CCCCN2)no1.Cc1nc(C2CCCCN2C(=O)OC(C)(C)C)no1.Cl. The van der Waals surface area contributed by atoms with Crippen molar-refractivity contribution in [2.75, 3.05) is 13.1 Å². The topological polar surface area (TPSA) is 119 Å². The Morgan fingerprint density at radius 1 is 1.00 bits per heavy atom. The van der Waals surface area contributed by atoms with Gasteiger partial charge in [-0.15, -0.1) is 12.4 Å². The highest BCUT2D eigenvalue weighted by Crippen LogP contribution is 2.30. The first-order valence-corrected chi connectivity index (χ1v) is 11.1. The summed E-state index contributed by atoms with van der Waals surface area (Å²) in [4.78, 5) is 22.4. The molecule has 2 fully saturated rings. The number of halogens is 1. The van der Waals surface area contributed by atoms with Crippen molar-refractivity contribution in [2.24, 2.45) is 0 Å². The molecule has 0 radical (unpaired) electrons. The molecule has 2 saturated heterocycles. The highest BCUT2D eigenvalue weighted by Gasteiger charge is 2.34. The van der Waals surface area contributed by atoms with Crippen LogP contribution in [-0.4, -0.2) is 50.0 Å². The number of piperidine rings is 2. The van der Waals surface area contributed by atoms with Crippen LogP contribution < -0.4 is 5.32 Å². The molecule has 4 rings (SSSR count). The van der Waals surface area contributed by atoms with Crippen LogP contribution in [0.25, 0.3) is 0 Å². The van der Waals surface area contributed by atoms with Crippen molar-refractivity contribution >= 4 is 18.5 Å². The van der Waals surface area contributed by atoms with E-state index < -0.39 is 5.60 Å². The molecule has 2 atom stereocenters. The Balaban J connectivity index is 0.000000241. The first kappa shape index (κ1) is 26.1. The number of likely N-dealkylation sites (tertiary alicyclic amines) is 1. The molecular formula is C21H35ClN6O4. The second-order valence-corrected chi connectivity index (χ2v) is 9.03. The van der Waals surface area contributed by atoms with E-state index >= 15 is 0 Å². The van der Waals surface area contributed by atoms with Crippen LogP contribution >= 0.6 is 12.4 Å². The highest BCUT2D eigenvalue weighted by atomic mass is 35.5. The van der Waals surface area contributed by atoms with Gasteiger partial charge in [-0.05, 0) is 59.4 Å². The molecule has 0 saturated carbocycles. The molecule has 2 aromatic rings. The number of rotatable bonds is 2. The molecule has 10 nitrogen and oxygen atoms in total. The third kappa shape index (κ3) is 7.44. The minimum atomic E-state index is -0.494. The van der Waals surface area contributed by atoms with Crippen LogP contribution in [0.5, 0.6) is 0 Å². The van der Waals surface area contributed by atoms with Gasteiger partial charge >= 0.3 is 6.09 Å². The monoisotopic (exact) mass is 470 g/mol. The normalized spacial score (nSPS) is 21.2. The van der Waals surface area contributed by atoms with E-state index in [-0.39, 0.29) is 24.5 Å². The number of hydrogen-bond donors (Lipinski definition) is 1. The summed E-state index contributed by atoms with van der Waals surface area (Å²) in [6.07, 6.45) is 6.21. The number of hydrogen-bond acceptors (Lipinski definition) is 9. The predicted molar refractivity (Wildman–Crippen MR) is 119 cm³/mol. The molecule has 2 aliphatic heterocycles. The van der Waals surface area contributed by atoms with Gasteiger partial charge in [-0.2, -0.15) is 9.97 Å². The number of carbonyl (C=O) groups excluding carboxylic acids is 1. The lowest BCUT2D eigenvalue weighted by molar-refractivity contribution is 0.00821. The number of nitrogens with zero attached hydrogens (tertiary/aromatic N) is 5. The van der Waals surface area contributed by atoms with E-state index in [1.807, 2.05) is 27.7 Å². The van der Waals surface area contributed by atoms with E-state index in [2.05, 4.69) is 25.6 Å². The van der Waals surface area contributed by atoms with Crippen molar-refractivity contribution in [3.63, 3.8) is 0 Å². The molecular weight excluding hydrogens is 436 g/mol. The Bertz CT molecular complexity index is 843. The van der Waals surface area contributed by atoms with Gasteiger partial charge in [0.25, 0.3) is 0 Å². The predicted octanol–water partition coefficient (Wildman–Crippen LogP) is 4.45. The van der Waals surface area contributed by atoms with Gasteiger partial charge in [0.2, 0.25) is 11.8 Å². The standard InChI is InChI=1S/C13H21N3O3.C8H13N3O.ClH/c1-9-14-11(15-19-9)10-7-5-6-8-16(10)12(17)18-13(2,3)4;1-6-10-8(11-12-6)7-4-2-3-5-9-7;/h10H,5-8H2,1-4H3;7,9H,2-5H2,1H3;1H. The number of nitrogens with one attached hydrogen (secondary N) is 1. The summed E-state index contributed by atoms with van der Waals surface area (Å²) < 4.78 is 15.4. The van der Waals surface area contributed by atoms with Gasteiger partial charge < -0.3 is 19.1 Å². The van der Waals surface area contributed by atoms with Crippen molar-refractivity contribution < 1.29 is 18.6 Å². The van der Waals surface area contributed by atoms with Gasteiger partial charge in [0.1, 0.15) is 5.60 Å². The maximum absolute atomic E-state index is 12.2. The first-order valence-electron chi connectivity index (χ1n) is 11.1. The first-order chi connectivity index (χ1) is 14.7. The maximum Gasteiger partial charge on any atom is 0.410 e. The molecule has 32 heavy (non-hydrogen) atoms. The Morgan fingerprint density at radius 3 is 2.16 bits per heavy atom. The summed E-state index contributed by atoms with van der Waals surface area (Å²) in [5.41, 5.74) is -0.494. The van der Waals surface area contributed by atoms with E-state index in [0.717, 1.165) is 38.1 Å². The van der Waals surface area contributed by atoms with E-state index in [1.54, 1.807) is 11.8 Å². The van der Waals surface area contributed by atoms with Crippen molar-refractivity contribution in [3.05, 3.63) is 23.4 Å². The van der Waals surface area contributed by atoms with E-state index in [4.69, 9.17) is 13.8 Å².